The summed E-state index contributed by atoms with van der Waals surface area (Å²) >= 11 is 0. The third kappa shape index (κ3) is 4.54. The van der Waals surface area contributed by atoms with Crippen LogP contribution >= 0.6 is 0 Å². The molecule has 2 fully saturated rings. The highest BCUT2D eigenvalue weighted by molar-refractivity contribution is 6.11. The molecule has 2 saturated carbocycles. The molecule has 4 rings (SSSR count). The van der Waals surface area contributed by atoms with Gasteiger partial charge in [0.25, 0.3) is 0 Å². The Labute approximate surface area is 168 Å². The monoisotopic (exact) mass is 376 g/mol. The Morgan fingerprint density at radius 1 is 0.714 bits per heavy atom. The second-order valence-corrected chi connectivity index (χ2v) is 9.01. The molecular weight excluding hydrogens is 344 g/mol. The summed E-state index contributed by atoms with van der Waals surface area (Å²) in [5, 5.41) is 2.02. The molecular formula is C26H32O2. The summed E-state index contributed by atoms with van der Waals surface area (Å²) in [5.74, 6) is 1.47. The smallest absolute Gasteiger partial charge is 0.163 e. The van der Waals surface area contributed by atoms with Gasteiger partial charge >= 0.3 is 0 Å². The van der Waals surface area contributed by atoms with Crippen molar-refractivity contribution in [3.05, 3.63) is 47.5 Å². The van der Waals surface area contributed by atoms with Gasteiger partial charge in [0.05, 0.1) is 0 Å². The molecule has 0 radical (unpaired) electrons. The molecule has 2 aliphatic rings. The first-order valence-electron chi connectivity index (χ1n) is 11.3. The minimum absolute atomic E-state index is 0.212. The van der Waals surface area contributed by atoms with Crippen LogP contribution in [-0.2, 0) is 0 Å². The van der Waals surface area contributed by atoms with E-state index >= 15 is 0 Å². The van der Waals surface area contributed by atoms with Crippen molar-refractivity contribution in [1.82, 2.24) is 0 Å². The number of benzene rings is 2. The number of carbonyl (C=O) groups is 2. The summed E-state index contributed by atoms with van der Waals surface area (Å²) in [6.45, 7) is 0. The molecule has 0 amide bonds. The lowest BCUT2D eigenvalue weighted by Crippen LogP contribution is -2.15. The fourth-order valence-electron chi connectivity index (χ4n) is 5.24. The van der Waals surface area contributed by atoms with Gasteiger partial charge in [-0.2, -0.15) is 0 Å². The molecule has 148 valence electrons. The van der Waals surface area contributed by atoms with Crippen molar-refractivity contribution in [2.45, 2.75) is 77.0 Å². The summed E-state index contributed by atoms with van der Waals surface area (Å²) < 4.78 is 0. The fraction of sp³-hybridized carbons (Fsp3) is 0.538. The van der Waals surface area contributed by atoms with E-state index in [1.807, 2.05) is 36.4 Å². The van der Waals surface area contributed by atoms with Crippen molar-refractivity contribution >= 4 is 22.3 Å². The number of fused-ring (bicyclic) bond motifs is 1. The molecule has 0 aromatic heterocycles. The van der Waals surface area contributed by atoms with Crippen LogP contribution < -0.4 is 0 Å². The molecule has 28 heavy (non-hydrogen) atoms. The van der Waals surface area contributed by atoms with Crippen LogP contribution in [0, 0.1) is 11.8 Å². The average molecular weight is 377 g/mol. The predicted octanol–water partition coefficient (Wildman–Crippen LogP) is 7.15. The molecule has 0 spiro atoms. The minimum atomic E-state index is 0.212. The highest BCUT2D eigenvalue weighted by atomic mass is 16.1. The molecule has 0 N–H and O–H groups in total. The van der Waals surface area contributed by atoms with Crippen LogP contribution in [0.2, 0.25) is 0 Å². The first-order chi connectivity index (χ1) is 13.7. The van der Waals surface area contributed by atoms with E-state index < -0.39 is 0 Å². The van der Waals surface area contributed by atoms with Crippen LogP contribution in [-0.4, -0.2) is 11.6 Å². The molecule has 0 aliphatic heterocycles. The van der Waals surface area contributed by atoms with E-state index in [-0.39, 0.29) is 11.6 Å². The molecule has 0 heterocycles. The van der Waals surface area contributed by atoms with Crippen molar-refractivity contribution in [3.8, 4) is 0 Å². The number of ketones is 2. The van der Waals surface area contributed by atoms with Gasteiger partial charge in [0.15, 0.2) is 11.6 Å². The highest BCUT2D eigenvalue weighted by Crippen LogP contribution is 2.31. The Kier molecular flexibility index (Phi) is 6.24. The van der Waals surface area contributed by atoms with Crippen LogP contribution in [0.4, 0.5) is 0 Å². The van der Waals surface area contributed by atoms with E-state index in [2.05, 4.69) is 0 Å². The van der Waals surface area contributed by atoms with E-state index in [1.54, 1.807) is 0 Å². The normalized spacial score (nSPS) is 19.0. The van der Waals surface area contributed by atoms with Gasteiger partial charge in [0.2, 0.25) is 0 Å². The molecule has 2 aromatic carbocycles. The molecule has 0 atom stereocenters. The SMILES string of the molecule is O=C(CC1CCCCC1)c1cc(C(=O)CC2CCCCC2)c2ccccc2c1. The largest absolute Gasteiger partial charge is 0.294 e. The average Bonchev–Trinajstić information content (AvgIpc) is 2.74. The van der Waals surface area contributed by atoms with Gasteiger partial charge in [-0.25, -0.2) is 0 Å². The van der Waals surface area contributed by atoms with Crippen LogP contribution in [0.15, 0.2) is 36.4 Å². The molecule has 0 bridgehead atoms. The Balaban J connectivity index is 1.59. The van der Waals surface area contributed by atoms with Gasteiger partial charge < -0.3 is 0 Å². The Morgan fingerprint density at radius 3 is 1.93 bits per heavy atom. The number of rotatable bonds is 6. The maximum absolute atomic E-state index is 13.2. The molecule has 0 unspecified atom stereocenters. The second kappa shape index (κ2) is 9.03. The molecule has 2 nitrogen and oxygen atoms in total. The van der Waals surface area contributed by atoms with Gasteiger partial charge in [-0.15, -0.1) is 0 Å². The summed E-state index contributed by atoms with van der Waals surface area (Å²) in [4.78, 5) is 26.2. The zero-order valence-electron chi connectivity index (χ0n) is 16.9. The summed E-state index contributed by atoms with van der Waals surface area (Å²) in [6.07, 6.45) is 13.6. The van der Waals surface area contributed by atoms with Crippen molar-refractivity contribution in [1.29, 1.82) is 0 Å². The van der Waals surface area contributed by atoms with E-state index in [1.165, 1.54) is 64.2 Å². The van der Waals surface area contributed by atoms with Crippen molar-refractivity contribution in [2.24, 2.45) is 11.8 Å². The standard InChI is InChI=1S/C26H32O2/c27-25(15-19-9-3-1-4-10-19)22-17-21-13-7-8-14-23(21)24(18-22)26(28)16-20-11-5-2-6-12-20/h7-8,13-14,17-20H,1-6,9-12,15-16H2. The molecule has 2 aromatic rings. The third-order valence-electron chi connectivity index (χ3n) is 6.88. The van der Waals surface area contributed by atoms with Crippen molar-refractivity contribution in [3.63, 3.8) is 0 Å². The number of hydrogen-bond donors (Lipinski definition) is 0. The minimum Gasteiger partial charge on any atom is -0.294 e. The Morgan fingerprint density at radius 2 is 1.29 bits per heavy atom. The Bertz CT molecular complexity index is 839. The van der Waals surface area contributed by atoms with Gasteiger partial charge in [-0.05, 0) is 34.7 Å². The maximum Gasteiger partial charge on any atom is 0.163 e. The van der Waals surface area contributed by atoms with Gasteiger partial charge in [-0.1, -0.05) is 88.5 Å². The summed E-state index contributed by atoms with van der Waals surface area (Å²) in [5.41, 5.74) is 1.49. The van der Waals surface area contributed by atoms with Crippen LogP contribution in [0.25, 0.3) is 10.8 Å². The maximum atomic E-state index is 13.2. The van der Waals surface area contributed by atoms with E-state index in [4.69, 9.17) is 0 Å². The highest BCUT2D eigenvalue weighted by Gasteiger charge is 2.22. The quantitative estimate of drug-likeness (QED) is 0.502. The third-order valence-corrected chi connectivity index (χ3v) is 6.88. The zero-order valence-corrected chi connectivity index (χ0v) is 16.9. The summed E-state index contributed by atoms with van der Waals surface area (Å²) in [6, 6.07) is 11.9. The second-order valence-electron chi connectivity index (χ2n) is 9.01. The van der Waals surface area contributed by atoms with E-state index in [9.17, 15) is 9.59 Å². The zero-order chi connectivity index (χ0) is 19.3. The lowest BCUT2D eigenvalue weighted by atomic mass is 9.82. The number of hydrogen-bond acceptors (Lipinski definition) is 2. The Hall–Kier alpha value is -1.96. The van der Waals surface area contributed by atoms with E-state index in [0.29, 0.717) is 24.7 Å². The van der Waals surface area contributed by atoms with Crippen LogP contribution in [0.1, 0.15) is 97.8 Å². The molecule has 0 saturated heterocycles. The van der Waals surface area contributed by atoms with Gasteiger partial charge in [0, 0.05) is 24.0 Å². The van der Waals surface area contributed by atoms with Crippen molar-refractivity contribution in [2.75, 3.05) is 0 Å². The van der Waals surface area contributed by atoms with Crippen LogP contribution in [0.5, 0.6) is 0 Å². The lowest BCUT2D eigenvalue weighted by molar-refractivity contribution is 0.0949. The topological polar surface area (TPSA) is 34.1 Å². The summed E-state index contributed by atoms with van der Waals surface area (Å²) in [7, 11) is 0. The molecule has 2 aliphatic carbocycles. The fourth-order valence-corrected chi connectivity index (χ4v) is 5.24. The first kappa shape index (κ1) is 19.4. The lowest BCUT2D eigenvalue weighted by Gasteiger charge is -2.22. The number of carbonyl (C=O) groups excluding carboxylic acids is 2. The molecule has 2 heteroatoms. The number of Topliss-reactive ketones (excluding diaryl/α,β-unsaturated/α-hetero) is 2. The van der Waals surface area contributed by atoms with Gasteiger partial charge in [0.1, 0.15) is 0 Å². The predicted molar refractivity (Wildman–Crippen MR) is 115 cm³/mol. The van der Waals surface area contributed by atoms with Gasteiger partial charge in [-0.3, -0.25) is 9.59 Å². The van der Waals surface area contributed by atoms with Crippen LogP contribution in [0.3, 0.4) is 0 Å². The first-order valence-corrected chi connectivity index (χ1v) is 11.3. The van der Waals surface area contributed by atoms with E-state index in [0.717, 1.165) is 21.9 Å². The van der Waals surface area contributed by atoms with Crippen molar-refractivity contribution < 1.29 is 9.59 Å².